The molecule has 0 bridgehead atoms. The van der Waals surface area contributed by atoms with Crippen LogP contribution in [0.25, 0.3) is 11.3 Å². The fraction of sp³-hybridized carbons (Fsp3) is 0.357. The largest absolute Gasteiger partial charge is 0.336 e. The molecule has 0 radical (unpaired) electrons. The fourth-order valence-corrected chi connectivity index (χ4v) is 2.56. The summed E-state index contributed by atoms with van der Waals surface area (Å²) in [4.78, 5) is 7.77. The number of hydrogen-bond donors (Lipinski definition) is 2. The number of aromatic amines is 1. The minimum Gasteiger partial charge on any atom is -0.336 e. The van der Waals surface area contributed by atoms with Crippen molar-refractivity contribution in [3.8, 4) is 11.3 Å². The molecule has 0 aliphatic carbocycles. The molecular formula is C14H18BrN3. The third-order valence-corrected chi connectivity index (χ3v) is 3.62. The summed E-state index contributed by atoms with van der Waals surface area (Å²) in [6.07, 6.45) is 0.806. The van der Waals surface area contributed by atoms with Crippen LogP contribution in [0.1, 0.15) is 22.4 Å². The van der Waals surface area contributed by atoms with Crippen LogP contribution < -0.4 is 5.73 Å². The van der Waals surface area contributed by atoms with Crippen LogP contribution in [-0.2, 0) is 6.42 Å². The Morgan fingerprint density at radius 2 is 1.83 bits per heavy atom. The Morgan fingerprint density at radius 3 is 2.50 bits per heavy atom. The van der Waals surface area contributed by atoms with E-state index in [2.05, 4.69) is 58.8 Å². The second-order valence-electron chi connectivity index (χ2n) is 4.64. The van der Waals surface area contributed by atoms with E-state index in [9.17, 15) is 0 Å². The van der Waals surface area contributed by atoms with Gasteiger partial charge in [-0.05, 0) is 66.0 Å². The predicted molar refractivity (Wildman–Crippen MR) is 78.7 cm³/mol. The second kappa shape index (κ2) is 5.24. The number of hydrogen-bond acceptors (Lipinski definition) is 2. The van der Waals surface area contributed by atoms with Gasteiger partial charge in [-0.1, -0.05) is 6.07 Å². The number of aryl methyl sites for hydroxylation is 3. The van der Waals surface area contributed by atoms with E-state index in [1.165, 1.54) is 22.3 Å². The molecule has 0 aliphatic heterocycles. The Kier molecular flexibility index (Phi) is 3.88. The van der Waals surface area contributed by atoms with Gasteiger partial charge < -0.3 is 10.7 Å². The topological polar surface area (TPSA) is 54.7 Å². The van der Waals surface area contributed by atoms with E-state index < -0.39 is 0 Å². The van der Waals surface area contributed by atoms with Crippen LogP contribution in [0, 0.1) is 20.8 Å². The lowest BCUT2D eigenvalue weighted by Crippen LogP contribution is -2.04. The van der Waals surface area contributed by atoms with Gasteiger partial charge in [0.15, 0.2) is 4.73 Å². The second-order valence-corrected chi connectivity index (χ2v) is 5.40. The highest BCUT2D eigenvalue weighted by Gasteiger charge is 2.13. The average molecular weight is 308 g/mol. The molecule has 0 saturated carbocycles. The molecular weight excluding hydrogens is 290 g/mol. The maximum atomic E-state index is 5.65. The van der Waals surface area contributed by atoms with Crippen molar-refractivity contribution >= 4 is 15.9 Å². The Bertz CT molecular complexity index is 573. The van der Waals surface area contributed by atoms with Gasteiger partial charge in [0.05, 0.1) is 5.69 Å². The normalized spacial score (nSPS) is 10.9. The van der Waals surface area contributed by atoms with Gasteiger partial charge in [-0.25, -0.2) is 4.98 Å². The number of nitrogens with zero attached hydrogens (tertiary/aromatic N) is 1. The molecule has 2 aromatic rings. The Balaban J connectivity index is 2.57. The molecule has 1 aromatic heterocycles. The van der Waals surface area contributed by atoms with Crippen LogP contribution in [0.2, 0.25) is 0 Å². The summed E-state index contributed by atoms with van der Waals surface area (Å²) in [6, 6.07) is 4.41. The van der Waals surface area contributed by atoms with Crippen molar-refractivity contribution in [3.05, 3.63) is 39.3 Å². The van der Waals surface area contributed by atoms with Gasteiger partial charge in [-0.15, -0.1) is 0 Å². The predicted octanol–water partition coefficient (Wildman–Crippen LogP) is 3.27. The number of rotatable bonds is 3. The Morgan fingerprint density at radius 1 is 1.17 bits per heavy atom. The molecule has 3 N–H and O–H groups in total. The zero-order valence-corrected chi connectivity index (χ0v) is 12.6. The number of benzene rings is 1. The highest BCUT2D eigenvalue weighted by Crippen LogP contribution is 2.29. The molecule has 4 heteroatoms. The van der Waals surface area contributed by atoms with Gasteiger partial charge in [-0.2, -0.15) is 0 Å². The quantitative estimate of drug-likeness (QED) is 0.914. The average Bonchev–Trinajstić information content (AvgIpc) is 2.65. The Hall–Kier alpha value is -1.13. The first-order valence-corrected chi connectivity index (χ1v) is 6.85. The van der Waals surface area contributed by atoms with E-state index >= 15 is 0 Å². The van der Waals surface area contributed by atoms with Gasteiger partial charge in [0.1, 0.15) is 0 Å². The first-order valence-electron chi connectivity index (χ1n) is 6.05. The van der Waals surface area contributed by atoms with Crippen molar-refractivity contribution in [1.82, 2.24) is 9.97 Å². The maximum absolute atomic E-state index is 5.65. The minimum absolute atomic E-state index is 0.617. The van der Waals surface area contributed by atoms with E-state index in [-0.39, 0.29) is 0 Å². The van der Waals surface area contributed by atoms with Crippen molar-refractivity contribution < 1.29 is 0 Å². The van der Waals surface area contributed by atoms with Gasteiger partial charge in [0, 0.05) is 17.7 Å². The van der Waals surface area contributed by atoms with Gasteiger partial charge in [0.2, 0.25) is 0 Å². The summed E-state index contributed by atoms with van der Waals surface area (Å²) >= 11 is 3.40. The SMILES string of the molecule is Cc1cc(C)c(-c2nc(Br)[nH]c2CCN)cc1C. The molecule has 0 saturated heterocycles. The summed E-state index contributed by atoms with van der Waals surface area (Å²) in [7, 11) is 0. The molecule has 96 valence electrons. The van der Waals surface area contributed by atoms with E-state index in [1.54, 1.807) is 0 Å². The molecule has 1 aromatic carbocycles. The van der Waals surface area contributed by atoms with Crippen LogP contribution in [0.3, 0.4) is 0 Å². The third kappa shape index (κ3) is 2.49. The number of imidazole rings is 1. The van der Waals surface area contributed by atoms with Crippen LogP contribution in [0.4, 0.5) is 0 Å². The van der Waals surface area contributed by atoms with E-state index in [0.717, 1.165) is 22.5 Å². The number of nitrogens with one attached hydrogen (secondary N) is 1. The molecule has 0 amide bonds. The monoisotopic (exact) mass is 307 g/mol. The zero-order valence-electron chi connectivity index (χ0n) is 11.0. The smallest absolute Gasteiger partial charge is 0.175 e. The molecule has 0 atom stereocenters. The van der Waals surface area contributed by atoms with Gasteiger partial charge >= 0.3 is 0 Å². The molecule has 1 heterocycles. The highest BCUT2D eigenvalue weighted by atomic mass is 79.9. The fourth-order valence-electron chi connectivity index (χ4n) is 2.14. The van der Waals surface area contributed by atoms with Crippen molar-refractivity contribution in [3.63, 3.8) is 0 Å². The van der Waals surface area contributed by atoms with Crippen molar-refractivity contribution in [2.75, 3.05) is 6.54 Å². The lowest BCUT2D eigenvalue weighted by Gasteiger charge is -2.09. The number of H-pyrrole nitrogens is 1. The molecule has 0 fully saturated rings. The number of nitrogens with two attached hydrogens (primary N) is 1. The minimum atomic E-state index is 0.617. The molecule has 0 spiro atoms. The first-order chi connectivity index (χ1) is 8.52. The summed E-state index contributed by atoms with van der Waals surface area (Å²) < 4.78 is 0.763. The van der Waals surface area contributed by atoms with Crippen molar-refractivity contribution in [2.24, 2.45) is 5.73 Å². The molecule has 3 nitrogen and oxygen atoms in total. The standard InChI is InChI=1S/C14H18BrN3/c1-8-6-10(3)11(7-9(8)2)13-12(4-5-16)17-14(15)18-13/h6-7H,4-5,16H2,1-3H3,(H,17,18). The molecule has 2 rings (SSSR count). The maximum Gasteiger partial charge on any atom is 0.175 e. The van der Waals surface area contributed by atoms with E-state index in [0.29, 0.717) is 6.54 Å². The van der Waals surface area contributed by atoms with Crippen LogP contribution in [0.15, 0.2) is 16.9 Å². The summed E-state index contributed by atoms with van der Waals surface area (Å²) in [5.74, 6) is 0. The van der Waals surface area contributed by atoms with E-state index in [1.807, 2.05) is 0 Å². The van der Waals surface area contributed by atoms with Crippen LogP contribution in [-0.4, -0.2) is 16.5 Å². The first kappa shape index (κ1) is 13.3. The lowest BCUT2D eigenvalue weighted by atomic mass is 9.97. The van der Waals surface area contributed by atoms with Gasteiger partial charge in [0.25, 0.3) is 0 Å². The summed E-state index contributed by atoms with van der Waals surface area (Å²) in [6.45, 7) is 7.00. The molecule has 18 heavy (non-hydrogen) atoms. The van der Waals surface area contributed by atoms with Crippen LogP contribution >= 0.6 is 15.9 Å². The number of aromatic nitrogens is 2. The third-order valence-electron chi connectivity index (χ3n) is 3.24. The summed E-state index contributed by atoms with van der Waals surface area (Å²) in [5, 5.41) is 0. The summed E-state index contributed by atoms with van der Waals surface area (Å²) in [5.41, 5.74) is 12.8. The van der Waals surface area contributed by atoms with Crippen molar-refractivity contribution in [2.45, 2.75) is 27.2 Å². The lowest BCUT2D eigenvalue weighted by molar-refractivity contribution is 0.933. The molecule has 0 aliphatic rings. The highest BCUT2D eigenvalue weighted by molar-refractivity contribution is 9.10. The van der Waals surface area contributed by atoms with Crippen LogP contribution in [0.5, 0.6) is 0 Å². The number of halogens is 1. The van der Waals surface area contributed by atoms with E-state index in [4.69, 9.17) is 5.73 Å². The molecule has 0 unspecified atom stereocenters. The van der Waals surface area contributed by atoms with Gasteiger partial charge in [-0.3, -0.25) is 0 Å². The zero-order chi connectivity index (χ0) is 13.3. The van der Waals surface area contributed by atoms with Crippen molar-refractivity contribution in [1.29, 1.82) is 0 Å². The Labute approximate surface area is 116 Å².